The van der Waals surface area contributed by atoms with Crippen molar-refractivity contribution in [2.24, 2.45) is 0 Å². The van der Waals surface area contributed by atoms with Crippen molar-refractivity contribution in [3.63, 3.8) is 0 Å². The van der Waals surface area contributed by atoms with E-state index in [-0.39, 0.29) is 30.5 Å². The lowest BCUT2D eigenvalue weighted by Crippen LogP contribution is -2.42. The number of halogens is 1. The Morgan fingerprint density at radius 2 is 1.71 bits per heavy atom. The summed E-state index contributed by atoms with van der Waals surface area (Å²) in [4.78, 5) is 12.6. The van der Waals surface area contributed by atoms with Crippen LogP contribution in [0, 0.1) is 5.82 Å². The van der Waals surface area contributed by atoms with Crippen molar-refractivity contribution in [2.45, 2.75) is 52.4 Å². The summed E-state index contributed by atoms with van der Waals surface area (Å²) in [5.74, 6) is 1.21. The molecule has 7 heteroatoms. The van der Waals surface area contributed by atoms with Gasteiger partial charge in [-0.25, -0.2) is 4.39 Å². The van der Waals surface area contributed by atoms with E-state index in [0.29, 0.717) is 30.2 Å². The third-order valence-corrected chi connectivity index (χ3v) is 4.25. The highest BCUT2D eigenvalue weighted by atomic mass is 19.1. The fourth-order valence-electron chi connectivity index (χ4n) is 2.87. The number of amides is 1. The highest BCUT2D eigenvalue weighted by Crippen LogP contribution is 2.29. The summed E-state index contributed by atoms with van der Waals surface area (Å²) in [5.41, 5.74) is 1.01. The van der Waals surface area contributed by atoms with Crippen LogP contribution in [0.5, 0.6) is 17.2 Å². The zero-order valence-electron chi connectivity index (χ0n) is 18.8. The predicted octanol–water partition coefficient (Wildman–Crippen LogP) is 4.15. The lowest BCUT2D eigenvalue weighted by molar-refractivity contribution is -0.137. The summed E-state index contributed by atoms with van der Waals surface area (Å²) in [6.45, 7) is 8.08. The van der Waals surface area contributed by atoms with Crippen molar-refractivity contribution in [3.8, 4) is 17.2 Å². The molecule has 0 radical (unpaired) electrons. The molecule has 0 fully saturated rings. The number of ether oxygens (including phenoxy) is 4. The van der Waals surface area contributed by atoms with Gasteiger partial charge in [-0.3, -0.25) is 4.79 Å². The molecule has 0 saturated carbocycles. The van der Waals surface area contributed by atoms with E-state index in [1.807, 2.05) is 45.9 Å². The highest BCUT2D eigenvalue weighted by Gasteiger charge is 2.21. The molecule has 0 aliphatic carbocycles. The molecule has 170 valence electrons. The second-order valence-corrected chi connectivity index (χ2v) is 7.63. The summed E-state index contributed by atoms with van der Waals surface area (Å²) in [7, 11) is 1.60. The maximum atomic E-state index is 13.0. The SMILES string of the molecule is COc1cc(CCNC(=O)[C@@H](COc2ccc(F)cc2)OC(C)C)ccc1OC(C)C. The molecule has 0 bridgehead atoms. The molecule has 1 amide bonds. The minimum absolute atomic E-state index is 0.0324. The number of hydrogen-bond acceptors (Lipinski definition) is 5. The minimum atomic E-state index is -0.776. The van der Waals surface area contributed by atoms with E-state index >= 15 is 0 Å². The number of nitrogens with one attached hydrogen (secondary N) is 1. The van der Waals surface area contributed by atoms with Crippen LogP contribution in [0.25, 0.3) is 0 Å². The van der Waals surface area contributed by atoms with E-state index in [0.717, 1.165) is 5.56 Å². The van der Waals surface area contributed by atoms with Crippen LogP contribution in [0.4, 0.5) is 4.39 Å². The van der Waals surface area contributed by atoms with E-state index in [1.54, 1.807) is 7.11 Å². The number of hydrogen-bond donors (Lipinski definition) is 1. The van der Waals surface area contributed by atoms with Crippen LogP contribution < -0.4 is 19.5 Å². The van der Waals surface area contributed by atoms with Crippen LogP contribution in [0.2, 0.25) is 0 Å². The van der Waals surface area contributed by atoms with E-state index in [1.165, 1.54) is 24.3 Å². The molecule has 0 aromatic heterocycles. The molecule has 1 atom stereocenters. The molecule has 31 heavy (non-hydrogen) atoms. The van der Waals surface area contributed by atoms with Gasteiger partial charge in [0.1, 0.15) is 18.2 Å². The molecule has 2 aromatic carbocycles. The first kappa shape index (κ1) is 24.5. The molecule has 0 aliphatic heterocycles. The lowest BCUT2D eigenvalue weighted by atomic mass is 10.1. The van der Waals surface area contributed by atoms with Gasteiger partial charge in [-0.15, -0.1) is 0 Å². The standard InChI is InChI=1S/C24H32FNO5/c1-16(2)30-21-11-6-18(14-22(21)28-5)12-13-26-24(27)23(31-17(3)4)15-29-20-9-7-19(25)8-10-20/h6-11,14,16-17,23H,12-13,15H2,1-5H3,(H,26,27)/t23-/m1/s1. The number of methoxy groups -OCH3 is 1. The van der Waals surface area contributed by atoms with Gasteiger partial charge in [-0.05, 0) is 76.1 Å². The van der Waals surface area contributed by atoms with Gasteiger partial charge in [-0.1, -0.05) is 6.07 Å². The Hall–Kier alpha value is -2.80. The van der Waals surface area contributed by atoms with Crippen molar-refractivity contribution >= 4 is 5.91 Å². The van der Waals surface area contributed by atoms with E-state index < -0.39 is 6.10 Å². The monoisotopic (exact) mass is 433 g/mol. The molecular formula is C24H32FNO5. The zero-order valence-corrected chi connectivity index (χ0v) is 18.8. The molecule has 0 saturated heterocycles. The fourth-order valence-corrected chi connectivity index (χ4v) is 2.87. The van der Waals surface area contributed by atoms with Crippen molar-refractivity contribution in [2.75, 3.05) is 20.3 Å². The minimum Gasteiger partial charge on any atom is -0.493 e. The van der Waals surface area contributed by atoms with Gasteiger partial charge in [0, 0.05) is 6.54 Å². The summed E-state index contributed by atoms with van der Waals surface area (Å²) < 4.78 is 35.5. The number of carbonyl (C=O) groups is 1. The molecule has 2 rings (SSSR count). The third kappa shape index (κ3) is 8.45. The van der Waals surface area contributed by atoms with Crippen molar-refractivity contribution in [1.29, 1.82) is 0 Å². The summed E-state index contributed by atoms with van der Waals surface area (Å²) in [6, 6.07) is 11.4. The Morgan fingerprint density at radius 3 is 2.32 bits per heavy atom. The van der Waals surface area contributed by atoms with Crippen LogP contribution in [-0.4, -0.2) is 44.5 Å². The smallest absolute Gasteiger partial charge is 0.252 e. The predicted molar refractivity (Wildman–Crippen MR) is 117 cm³/mol. The van der Waals surface area contributed by atoms with Gasteiger partial charge in [0.25, 0.3) is 5.91 Å². The summed E-state index contributed by atoms with van der Waals surface area (Å²) in [5, 5.41) is 2.89. The van der Waals surface area contributed by atoms with Gasteiger partial charge in [0.2, 0.25) is 0 Å². The molecule has 2 aromatic rings. The van der Waals surface area contributed by atoms with Gasteiger partial charge in [0.05, 0.1) is 19.3 Å². The first-order valence-corrected chi connectivity index (χ1v) is 10.4. The van der Waals surface area contributed by atoms with Crippen molar-refractivity contribution in [1.82, 2.24) is 5.32 Å². The Balaban J connectivity index is 1.90. The van der Waals surface area contributed by atoms with Gasteiger partial charge < -0.3 is 24.3 Å². The normalized spacial score (nSPS) is 12.0. The van der Waals surface area contributed by atoms with Crippen LogP contribution >= 0.6 is 0 Å². The van der Waals surface area contributed by atoms with Gasteiger partial charge in [0.15, 0.2) is 17.6 Å². The van der Waals surface area contributed by atoms with Gasteiger partial charge in [-0.2, -0.15) is 0 Å². The largest absolute Gasteiger partial charge is 0.493 e. The maximum Gasteiger partial charge on any atom is 0.252 e. The maximum absolute atomic E-state index is 13.0. The number of carbonyl (C=O) groups excluding carboxylic acids is 1. The highest BCUT2D eigenvalue weighted by molar-refractivity contribution is 5.81. The Labute approximate surface area is 183 Å². The number of benzene rings is 2. The number of rotatable bonds is 12. The first-order chi connectivity index (χ1) is 14.8. The second kappa shape index (κ2) is 12.2. The van der Waals surface area contributed by atoms with E-state index in [2.05, 4.69) is 5.32 Å². The quantitative estimate of drug-likeness (QED) is 0.545. The summed E-state index contributed by atoms with van der Waals surface area (Å²) in [6.07, 6.45) is -0.252. The first-order valence-electron chi connectivity index (χ1n) is 10.4. The lowest BCUT2D eigenvalue weighted by Gasteiger charge is -2.20. The van der Waals surface area contributed by atoms with E-state index in [4.69, 9.17) is 18.9 Å². The van der Waals surface area contributed by atoms with Crippen LogP contribution in [0.3, 0.4) is 0 Å². The molecule has 0 aliphatic rings. The Bertz CT molecular complexity index is 823. The molecule has 1 N–H and O–H groups in total. The molecule has 0 spiro atoms. The zero-order chi connectivity index (χ0) is 22.8. The average molecular weight is 434 g/mol. The molecular weight excluding hydrogens is 401 g/mol. The third-order valence-electron chi connectivity index (χ3n) is 4.25. The van der Waals surface area contributed by atoms with Crippen molar-refractivity contribution in [3.05, 3.63) is 53.8 Å². The molecule has 0 heterocycles. The average Bonchev–Trinajstić information content (AvgIpc) is 2.72. The Morgan fingerprint density at radius 1 is 1.00 bits per heavy atom. The molecule has 0 unspecified atom stereocenters. The topological polar surface area (TPSA) is 66.0 Å². The van der Waals surface area contributed by atoms with Crippen LogP contribution in [0.1, 0.15) is 33.3 Å². The molecule has 6 nitrogen and oxygen atoms in total. The Kier molecular flexibility index (Phi) is 9.59. The fraction of sp³-hybridized carbons (Fsp3) is 0.458. The van der Waals surface area contributed by atoms with Crippen LogP contribution in [0.15, 0.2) is 42.5 Å². The van der Waals surface area contributed by atoms with Crippen molar-refractivity contribution < 1.29 is 28.1 Å². The van der Waals surface area contributed by atoms with Crippen LogP contribution in [-0.2, 0) is 16.0 Å². The second-order valence-electron chi connectivity index (χ2n) is 7.63. The van der Waals surface area contributed by atoms with Gasteiger partial charge >= 0.3 is 0 Å². The van der Waals surface area contributed by atoms with E-state index in [9.17, 15) is 9.18 Å². The summed E-state index contributed by atoms with van der Waals surface area (Å²) >= 11 is 0.